The van der Waals surface area contributed by atoms with Crippen molar-refractivity contribution in [3.63, 3.8) is 0 Å². The first-order valence-electron chi connectivity index (χ1n) is 5.24. The second kappa shape index (κ2) is 10.2. The van der Waals surface area contributed by atoms with E-state index >= 15 is 0 Å². The van der Waals surface area contributed by atoms with Crippen LogP contribution >= 0.6 is 24.0 Å². The summed E-state index contributed by atoms with van der Waals surface area (Å²) < 4.78 is 5.49. The van der Waals surface area contributed by atoms with Gasteiger partial charge in [-0.25, -0.2) is 0 Å². The first-order chi connectivity index (χ1) is 7.16. The summed E-state index contributed by atoms with van der Waals surface area (Å²) in [5, 5.41) is 0. The van der Waals surface area contributed by atoms with Crippen molar-refractivity contribution in [3.8, 4) is 0 Å². The summed E-state index contributed by atoms with van der Waals surface area (Å²) in [6.45, 7) is 2.62. The third-order valence-electron chi connectivity index (χ3n) is 1.78. The van der Waals surface area contributed by atoms with Gasteiger partial charge in [-0.05, 0) is 19.3 Å². The van der Waals surface area contributed by atoms with Gasteiger partial charge >= 0.3 is 5.97 Å². The molecule has 0 radical (unpaired) electrons. The smallest absolute Gasteiger partial charge is 0.305 e. The van der Waals surface area contributed by atoms with Crippen LogP contribution < -0.4 is 5.73 Å². The molecular weight excluding hydrogens is 230 g/mol. The van der Waals surface area contributed by atoms with Gasteiger partial charge in [-0.1, -0.05) is 37.3 Å². The van der Waals surface area contributed by atoms with Crippen LogP contribution in [0.5, 0.6) is 0 Å². The van der Waals surface area contributed by atoms with Gasteiger partial charge in [-0.2, -0.15) is 0 Å². The van der Waals surface area contributed by atoms with Crippen molar-refractivity contribution in [1.29, 1.82) is 0 Å². The lowest BCUT2D eigenvalue weighted by Gasteiger charge is -2.03. The second-order valence-electron chi connectivity index (χ2n) is 3.20. The second-order valence-corrected chi connectivity index (χ2v) is 5.03. The molecule has 0 bridgehead atoms. The van der Waals surface area contributed by atoms with Crippen LogP contribution in [0.2, 0.25) is 0 Å². The Morgan fingerprint density at radius 2 is 2.13 bits per heavy atom. The fourth-order valence-corrected chi connectivity index (χ4v) is 1.75. The number of esters is 1. The van der Waals surface area contributed by atoms with Gasteiger partial charge in [0, 0.05) is 12.2 Å². The molecule has 0 amide bonds. The molecule has 0 aliphatic rings. The molecule has 0 aromatic rings. The molecule has 0 unspecified atom stereocenters. The van der Waals surface area contributed by atoms with Gasteiger partial charge in [-0.3, -0.25) is 4.79 Å². The van der Waals surface area contributed by atoms with Gasteiger partial charge in [0.05, 0.1) is 6.61 Å². The lowest BCUT2D eigenvalue weighted by atomic mass is 10.2. The number of rotatable bonds is 8. The van der Waals surface area contributed by atoms with Gasteiger partial charge in [0.1, 0.15) is 4.32 Å². The van der Waals surface area contributed by atoms with E-state index in [1.807, 2.05) is 0 Å². The zero-order valence-corrected chi connectivity index (χ0v) is 10.8. The predicted molar refractivity (Wildman–Crippen MR) is 69.0 cm³/mol. The van der Waals surface area contributed by atoms with Gasteiger partial charge in [0.2, 0.25) is 0 Å². The highest BCUT2D eigenvalue weighted by atomic mass is 32.2. The molecule has 0 aliphatic carbocycles. The molecule has 2 N–H and O–H groups in total. The van der Waals surface area contributed by atoms with E-state index < -0.39 is 0 Å². The van der Waals surface area contributed by atoms with Crippen LogP contribution in [0.3, 0.4) is 0 Å². The molecule has 0 aromatic carbocycles. The highest BCUT2D eigenvalue weighted by molar-refractivity contribution is 8.22. The predicted octanol–water partition coefficient (Wildman–Crippen LogP) is 2.48. The van der Waals surface area contributed by atoms with Crippen molar-refractivity contribution < 1.29 is 9.53 Å². The molecule has 5 heteroatoms. The Balaban J connectivity index is 3.20. The molecule has 0 spiro atoms. The number of hydrogen-bond acceptors (Lipinski definition) is 4. The summed E-state index contributed by atoms with van der Waals surface area (Å²) in [5.74, 6) is 0.793. The van der Waals surface area contributed by atoms with E-state index in [9.17, 15) is 4.79 Å². The first-order valence-corrected chi connectivity index (χ1v) is 6.64. The van der Waals surface area contributed by atoms with Crippen molar-refractivity contribution in [2.45, 2.75) is 39.0 Å². The zero-order chi connectivity index (χ0) is 11.5. The fraction of sp³-hybridized carbons (Fsp3) is 0.800. The van der Waals surface area contributed by atoms with Crippen LogP contribution in [0.1, 0.15) is 39.0 Å². The number of nitrogens with two attached hydrogens (primary N) is 1. The largest absolute Gasteiger partial charge is 0.466 e. The van der Waals surface area contributed by atoms with Crippen LogP contribution in [-0.2, 0) is 9.53 Å². The average molecular weight is 249 g/mol. The number of hydrogen-bond donors (Lipinski definition) is 1. The maximum atomic E-state index is 11.1. The van der Waals surface area contributed by atoms with Crippen molar-refractivity contribution >= 4 is 34.3 Å². The first kappa shape index (κ1) is 14.7. The molecule has 0 aliphatic heterocycles. The topological polar surface area (TPSA) is 52.3 Å². The van der Waals surface area contributed by atoms with Gasteiger partial charge < -0.3 is 10.5 Å². The summed E-state index contributed by atoms with van der Waals surface area (Å²) in [6.07, 6.45) is 4.30. The van der Waals surface area contributed by atoms with E-state index in [1.165, 1.54) is 11.8 Å². The average Bonchev–Trinajstić information content (AvgIpc) is 2.17. The van der Waals surface area contributed by atoms with Crippen LogP contribution in [0.4, 0.5) is 0 Å². The Morgan fingerprint density at radius 3 is 2.73 bits per heavy atom. The Labute approximate surface area is 101 Å². The van der Waals surface area contributed by atoms with Gasteiger partial charge in [0.25, 0.3) is 0 Å². The van der Waals surface area contributed by atoms with E-state index in [-0.39, 0.29) is 5.97 Å². The molecule has 0 saturated carbocycles. The summed E-state index contributed by atoms with van der Waals surface area (Å²) >= 11 is 6.18. The lowest BCUT2D eigenvalue weighted by molar-refractivity contribution is -0.143. The number of unbranched alkanes of at least 4 members (excludes halogenated alkanes) is 2. The number of thioether (sulfide) groups is 1. The molecule has 88 valence electrons. The molecular formula is C10H19NO2S2. The number of ether oxygens (including phenoxy) is 1. The fourth-order valence-electron chi connectivity index (χ4n) is 0.947. The maximum Gasteiger partial charge on any atom is 0.305 e. The minimum Gasteiger partial charge on any atom is -0.466 e. The van der Waals surface area contributed by atoms with Crippen LogP contribution in [-0.4, -0.2) is 22.6 Å². The molecule has 0 aromatic heterocycles. The Bertz CT molecular complexity index is 198. The van der Waals surface area contributed by atoms with E-state index in [0.717, 1.165) is 31.4 Å². The van der Waals surface area contributed by atoms with Crippen molar-refractivity contribution in [2.75, 3.05) is 12.4 Å². The highest BCUT2D eigenvalue weighted by Crippen LogP contribution is 2.06. The van der Waals surface area contributed by atoms with Gasteiger partial charge in [-0.15, -0.1) is 0 Å². The molecule has 0 rings (SSSR count). The monoisotopic (exact) mass is 249 g/mol. The summed E-state index contributed by atoms with van der Waals surface area (Å²) in [7, 11) is 0. The quantitative estimate of drug-likeness (QED) is 0.407. The summed E-state index contributed by atoms with van der Waals surface area (Å²) in [5.41, 5.74) is 5.32. The third-order valence-corrected chi connectivity index (χ3v) is 2.91. The molecule has 0 heterocycles. The minimum absolute atomic E-state index is 0.0937. The Hall–Kier alpha value is -0.290. The zero-order valence-electron chi connectivity index (χ0n) is 9.16. The van der Waals surface area contributed by atoms with Crippen LogP contribution in [0.25, 0.3) is 0 Å². The van der Waals surface area contributed by atoms with E-state index in [1.54, 1.807) is 0 Å². The highest BCUT2D eigenvalue weighted by Gasteiger charge is 2.01. The number of carbonyl (C=O) groups is 1. The van der Waals surface area contributed by atoms with Crippen LogP contribution in [0.15, 0.2) is 0 Å². The maximum absolute atomic E-state index is 11.1. The summed E-state index contributed by atoms with van der Waals surface area (Å²) in [6, 6.07) is 0. The number of carbonyl (C=O) groups excluding carboxylic acids is 1. The van der Waals surface area contributed by atoms with E-state index in [4.69, 9.17) is 22.7 Å². The Kier molecular flexibility index (Phi) is 10.0. The summed E-state index contributed by atoms with van der Waals surface area (Å²) in [4.78, 5) is 11.1. The third kappa shape index (κ3) is 11.6. The lowest BCUT2D eigenvalue weighted by Crippen LogP contribution is -2.06. The Morgan fingerprint density at radius 1 is 1.40 bits per heavy atom. The molecule has 0 fully saturated rings. The normalized spacial score (nSPS) is 9.93. The van der Waals surface area contributed by atoms with E-state index in [0.29, 0.717) is 17.3 Å². The molecule has 0 saturated heterocycles. The van der Waals surface area contributed by atoms with Crippen molar-refractivity contribution in [2.24, 2.45) is 5.73 Å². The van der Waals surface area contributed by atoms with Gasteiger partial charge in [0.15, 0.2) is 0 Å². The SMILES string of the molecule is CCCCOC(=O)CCCCSC(N)=S. The molecule has 3 nitrogen and oxygen atoms in total. The van der Waals surface area contributed by atoms with Crippen molar-refractivity contribution in [3.05, 3.63) is 0 Å². The van der Waals surface area contributed by atoms with Crippen LogP contribution in [0, 0.1) is 0 Å². The van der Waals surface area contributed by atoms with Crippen molar-refractivity contribution in [1.82, 2.24) is 0 Å². The van der Waals surface area contributed by atoms with E-state index in [2.05, 4.69) is 6.92 Å². The molecule has 0 atom stereocenters. The minimum atomic E-state index is -0.0937. The molecule has 15 heavy (non-hydrogen) atoms. The number of thiocarbonyl (C=S) groups is 1. The standard InChI is InChI=1S/C10H19NO2S2/c1-2-3-7-13-9(12)6-4-5-8-15-10(11)14/h2-8H2,1H3,(H2,11,14).